The minimum Gasteiger partial charge on any atom is -0.493 e. The molecule has 5 nitrogen and oxygen atoms in total. The van der Waals surface area contributed by atoms with Crippen LogP contribution in [-0.4, -0.2) is 49.7 Å². The van der Waals surface area contributed by atoms with Crippen LogP contribution in [0.25, 0.3) is 10.8 Å². The van der Waals surface area contributed by atoms with Crippen molar-refractivity contribution in [2.24, 2.45) is 0 Å². The highest BCUT2D eigenvalue weighted by molar-refractivity contribution is 5.97. The van der Waals surface area contributed by atoms with Gasteiger partial charge in [0.15, 0.2) is 11.5 Å². The number of benzene rings is 3. The number of hydrogen-bond donors (Lipinski definition) is 0. The highest BCUT2D eigenvalue weighted by atomic mass is 35.5. The van der Waals surface area contributed by atoms with Crippen molar-refractivity contribution < 1.29 is 14.3 Å². The van der Waals surface area contributed by atoms with Gasteiger partial charge >= 0.3 is 0 Å². The lowest BCUT2D eigenvalue weighted by molar-refractivity contribution is 0.0331. The Morgan fingerprint density at radius 1 is 1.06 bits per heavy atom. The molecule has 6 heteroatoms. The summed E-state index contributed by atoms with van der Waals surface area (Å²) in [5.41, 5.74) is 4.33. The van der Waals surface area contributed by atoms with Crippen LogP contribution in [0.4, 0.5) is 0 Å². The molecular weight excluding hydrogens is 436 g/mol. The van der Waals surface area contributed by atoms with Crippen molar-refractivity contribution in [1.82, 2.24) is 9.80 Å². The number of halogens is 1. The Morgan fingerprint density at radius 3 is 2.45 bits per heavy atom. The van der Waals surface area contributed by atoms with E-state index in [1.165, 1.54) is 21.9 Å². The summed E-state index contributed by atoms with van der Waals surface area (Å²) in [6, 6.07) is 16.6. The molecule has 1 amide bonds. The average molecular weight is 469 g/mol. The first-order valence-electron chi connectivity index (χ1n) is 11.2. The Morgan fingerprint density at radius 2 is 1.76 bits per heavy atom. The zero-order valence-corrected chi connectivity index (χ0v) is 20.9. The first-order valence-corrected chi connectivity index (χ1v) is 11.2. The number of amides is 1. The number of aryl methyl sites for hydroxylation is 1. The maximum absolute atomic E-state index is 13.5. The fourth-order valence-electron chi connectivity index (χ4n) is 4.89. The summed E-state index contributed by atoms with van der Waals surface area (Å²) in [6.07, 6.45) is 1.68. The monoisotopic (exact) mass is 468 g/mol. The second kappa shape index (κ2) is 10.4. The molecule has 3 aromatic rings. The summed E-state index contributed by atoms with van der Waals surface area (Å²) >= 11 is 0. The highest BCUT2D eigenvalue weighted by Gasteiger charge is 2.32. The number of methoxy groups -OCH3 is 2. The molecule has 0 spiro atoms. The molecule has 176 valence electrons. The molecule has 1 atom stereocenters. The maximum atomic E-state index is 13.5. The van der Waals surface area contributed by atoms with Gasteiger partial charge in [0.2, 0.25) is 0 Å². The topological polar surface area (TPSA) is 42.0 Å². The molecule has 0 aromatic heterocycles. The van der Waals surface area contributed by atoms with Crippen LogP contribution >= 0.6 is 12.4 Å². The normalized spacial score (nSPS) is 14.1. The van der Waals surface area contributed by atoms with E-state index in [-0.39, 0.29) is 24.5 Å². The molecule has 0 fully saturated rings. The molecule has 4 rings (SSSR count). The molecule has 1 unspecified atom stereocenters. The number of carbonyl (C=O) groups excluding carboxylic acids is 1. The van der Waals surface area contributed by atoms with E-state index < -0.39 is 0 Å². The van der Waals surface area contributed by atoms with Gasteiger partial charge in [0.25, 0.3) is 5.91 Å². The highest BCUT2D eigenvalue weighted by Crippen LogP contribution is 2.34. The second-order valence-corrected chi connectivity index (χ2v) is 8.50. The largest absolute Gasteiger partial charge is 0.493 e. The van der Waals surface area contributed by atoms with Gasteiger partial charge in [-0.3, -0.25) is 9.69 Å². The number of ether oxygens (including phenoxy) is 2. The molecule has 33 heavy (non-hydrogen) atoms. The first-order chi connectivity index (χ1) is 15.5. The molecule has 1 heterocycles. The minimum atomic E-state index is 0. The Hall–Kier alpha value is -2.76. The molecule has 1 aliphatic rings. The van der Waals surface area contributed by atoms with E-state index in [0.29, 0.717) is 23.6 Å². The second-order valence-electron chi connectivity index (χ2n) is 8.50. The van der Waals surface area contributed by atoms with Crippen molar-refractivity contribution in [2.45, 2.75) is 39.4 Å². The molecule has 0 saturated heterocycles. The molecule has 3 aromatic carbocycles. The first kappa shape index (κ1) is 24.9. The van der Waals surface area contributed by atoms with Crippen LogP contribution in [0.1, 0.15) is 40.4 Å². The molecule has 0 bridgehead atoms. The summed E-state index contributed by atoms with van der Waals surface area (Å²) < 4.78 is 10.9. The van der Waals surface area contributed by atoms with Crippen LogP contribution in [0.15, 0.2) is 48.5 Å². The molecule has 0 radical (unpaired) electrons. The standard InChI is InChI=1S/C27H32N2O3.ClH/c1-6-26(28(3)17-23-18(2)11-12-19-9-7-8-10-21(19)23)29-14-13-20-15-24(31-4)25(32-5)16-22(20)27(29)30;/h7-12,15-16,26H,6,13-14,17H2,1-5H3;1H. The van der Waals surface area contributed by atoms with Crippen molar-refractivity contribution in [1.29, 1.82) is 0 Å². The lowest BCUT2D eigenvalue weighted by Crippen LogP contribution is -2.51. The molecular formula is C27H33ClN2O3. The number of rotatable bonds is 7. The Labute approximate surface area is 202 Å². The summed E-state index contributed by atoms with van der Waals surface area (Å²) in [6.45, 7) is 5.79. The van der Waals surface area contributed by atoms with Gasteiger partial charge < -0.3 is 14.4 Å². The third-order valence-electron chi connectivity index (χ3n) is 6.64. The number of hydrogen-bond acceptors (Lipinski definition) is 4. The van der Waals surface area contributed by atoms with Crippen LogP contribution in [0.3, 0.4) is 0 Å². The predicted molar refractivity (Wildman–Crippen MR) is 136 cm³/mol. The molecule has 0 aliphatic carbocycles. The third kappa shape index (κ3) is 4.66. The van der Waals surface area contributed by atoms with E-state index in [1.807, 2.05) is 17.0 Å². The number of carbonyl (C=O) groups is 1. The zero-order chi connectivity index (χ0) is 22.8. The quantitative estimate of drug-likeness (QED) is 0.462. The zero-order valence-electron chi connectivity index (χ0n) is 20.1. The predicted octanol–water partition coefficient (Wildman–Crippen LogP) is 5.45. The lowest BCUT2D eigenvalue weighted by atomic mass is 9.96. The van der Waals surface area contributed by atoms with Gasteiger partial charge in [0, 0.05) is 18.7 Å². The third-order valence-corrected chi connectivity index (χ3v) is 6.64. The van der Waals surface area contributed by atoms with Gasteiger partial charge in [-0.2, -0.15) is 0 Å². The van der Waals surface area contributed by atoms with Gasteiger partial charge in [-0.1, -0.05) is 43.3 Å². The number of fused-ring (bicyclic) bond motifs is 2. The van der Waals surface area contributed by atoms with Gasteiger partial charge in [0.1, 0.15) is 0 Å². The van der Waals surface area contributed by atoms with E-state index >= 15 is 0 Å². The summed E-state index contributed by atoms with van der Waals surface area (Å²) in [4.78, 5) is 17.8. The molecule has 0 N–H and O–H groups in total. The smallest absolute Gasteiger partial charge is 0.255 e. The lowest BCUT2D eigenvalue weighted by Gasteiger charge is -2.40. The van der Waals surface area contributed by atoms with Crippen molar-refractivity contribution in [2.75, 3.05) is 27.8 Å². The van der Waals surface area contributed by atoms with Crippen molar-refractivity contribution >= 4 is 29.1 Å². The average Bonchev–Trinajstić information content (AvgIpc) is 2.82. The SMILES string of the molecule is CCC(N(C)Cc1c(C)ccc2ccccc12)N1CCc2cc(OC)c(OC)cc2C1=O.Cl. The van der Waals surface area contributed by atoms with Gasteiger partial charge in [-0.25, -0.2) is 0 Å². The maximum Gasteiger partial charge on any atom is 0.255 e. The van der Waals surface area contributed by atoms with E-state index in [9.17, 15) is 4.79 Å². The Bertz CT molecular complexity index is 1150. The fraction of sp³-hybridized carbons (Fsp3) is 0.370. The van der Waals surface area contributed by atoms with Gasteiger partial charge in [-0.15, -0.1) is 12.4 Å². The molecule has 1 aliphatic heterocycles. The van der Waals surface area contributed by atoms with Crippen LogP contribution < -0.4 is 9.47 Å². The fourth-order valence-corrected chi connectivity index (χ4v) is 4.89. The van der Waals surface area contributed by atoms with Crippen molar-refractivity contribution in [3.63, 3.8) is 0 Å². The summed E-state index contributed by atoms with van der Waals surface area (Å²) in [7, 11) is 5.34. The van der Waals surface area contributed by atoms with E-state index in [4.69, 9.17) is 9.47 Å². The Kier molecular flexibility index (Phi) is 7.88. The van der Waals surface area contributed by atoms with Crippen LogP contribution in [0, 0.1) is 6.92 Å². The van der Waals surface area contributed by atoms with Crippen molar-refractivity contribution in [3.05, 3.63) is 70.8 Å². The van der Waals surface area contributed by atoms with Gasteiger partial charge in [-0.05, 0) is 66.4 Å². The number of nitrogens with zero attached hydrogens (tertiary/aromatic N) is 2. The van der Waals surface area contributed by atoms with Crippen molar-refractivity contribution in [3.8, 4) is 11.5 Å². The summed E-state index contributed by atoms with van der Waals surface area (Å²) in [5, 5.41) is 2.53. The van der Waals surface area contributed by atoms with Crippen LogP contribution in [0.5, 0.6) is 11.5 Å². The summed E-state index contributed by atoms with van der Waals surface area (Å²) in [5.74, 6) is 1.32. The molecule has 0 saturated carbocycles. The van der Waals surface area contributed by atoms with E-state index in [1.54, 1.807) is 14.2 Å². The Balaban J connectivity index is 0.00000306. The minimum absolute atomic E-state index is 0. The van der Waals surface area contributed by atoms with Crippen LogP contribution in [0.2, 0.25) is 0 Å². The van der Waals surface area contributed by atoms with E-state index in [0.717, 1.165) is 24.9 Å². The van der Waals surface area contributed by atoms with Crippen LogP contribution in [-0.2, 0) is 13.0 Å². The van der Waals surface area contributed by atoms with E-state index in [2.05, 4.69) is 62.2 Å². The van der Waals surface area contributed by atoms with Gasteiger partial charge in [0.05, 0.1) is 20.4 Å².